The number of hydrogen-bond acceptors (Lipinski definition) is 3. The number of ether oxygens (including phenoxy) is 1. The molecule has 0 saturated heterocycles. The molecule has 1 N–H and O–H groups in total. The molecule has 0 aliphatic rings. The number of nitrogens with one attached hydrogen (secondary N) is 1. The van der Waals surface area contributed by atoms with Gasteiger partial charge in [0, 0.05) is 17.6 Å². The number of carbonyl (C=O) groups excluding carboxylic acids is 2. The van der Waals surface area contributed by atoms with E-state index in [4.69, 9.17) is 4.74 Å². The van der Waals surface area contributed by atoms with Gasteiger partial charge >= 0.3 is 0 Å². The van der Waals surface area contributed by atoms with Crippen LogP contribution in [0.3, 0.4) is 0 Å². The number of benzene rings is 2. The zero-order chi connectivity index (χ0) is 19.6. The Bertz CT molecular complexity index is 735. The second-order valence-electron chi connectivity index (χ2n) is 6.22. The number of amides is 2. The van der Waals surface area contributed by atoms with Crippen molar-refractivity contribution in [1.82, 2.24) is 10.2 Å². The van der Waals surface area contributed by atoms with E-state index in [2.05, 4.69) is 21.2 Å². The van der Waals surface area contributed by atoms with E-state index in [-0.39, 0.29) is 18.4 Å². The van der Waals surface area contributed by atoms with Gasteiger partial charge in [0.15, 0.2) is 6.61 Å². The normalized spacial score (nSPS) is 11.5. The molecule has 0 unspecified atom stereocenters. The van der Waals surface area contributed by atoms with Crippen molar-refractivity contribution >= 4 is 27.7 Å². The maximum atomic E-state index is 12.8. The molecule has 144 valence electrons. The zero-order valence-corrected chi connectivity index (χ0v) is 17.2. The van der Waals surface area contributed by atoms with Crippen LogP contribution in [-0.4, -0.2) is 35.9 Å². The van der Waals surface area contributed by atoms with Crippen molar-refractivity contribution in [3.8, 4) is 5.75 Å². The van der Waals surface area contributed by atoms with Crippen LogP contribution < -0.4 is 10.1 Å². The lowest BCUT2D eigenvalue weighted by Crippen LogP contribution is -2.49. The first-order chi connectivity index (χ1) is 13.0. The van der Waals surface area contributed by atoms with Crippen molar-refractivity contribution in [1.29, 1.82) is 0 Å². The average Bonchev–Trinajstić information content (AvgIpc) is 2.70. The van der Waals surface area contributed by atoms with Gasteiger partial charge in [0.1, 0.15) is 11.8 Å². The molecule has 2 aromatic rings. The quantitative estimate of drug-likeness (QED) is 0.655. The fourth-order valence-electron chi connectivity index (χ4n) is 2.51. The highest BCUT2D eigenvalue weighted by Gasteiger charge is 2.26. The van der Waals surface area contributed by atoms with Gasteiger partial charge in [0.2, 0.25) is 5.91 Å². The van der Waals surface area contributed by atoms with Crippen LogP contribution in [-0.2, 0) is 16.1 Å². The average molecular weight is 433 g/mol. The lowest BCUT2D eigenvalue weighted by Gasteiger charge is -2.28. The highest BCUT2D eigenvalue weighted by Crippen LogP contribution is 2.15. The van der Waals surface area contributed by atoms with E-state index in [9.17, 15) is 9.59 Å². The standard InChI is InChI=1S/C21H25BrN2O3/c1-3-13-23-21(26)16(2)24(14-17-9-11-18(22)12-10-17)20(25)15-27-19-7-5-4-6-8-19/h4-12,16H,3,13-15H2,1-2H3,(H,23,26)/t16-/m1/s1. The number of rotatable bonds is 9. The third-order valence-corrected chi connectivity index (χ3v) is 4.62. The summed E-state index contributed by atoms with van der Waals surface area (Å²) in [5.74, 6) is 0.223. The molecule has 0 aliphatic carbocycles. The SMILES string of the molecule is CCCNC(=O)[C@@H](C)N(Cc1ccc(Br)cc1)C(=O)COc1ccccc1. The fraction of sp³-hybridized carbons (Fsp3) is 0.333. The van der Waals surface area contributed by atoms with Crippen LogP contribution in [0.5, 0.6) is 5.75 Å². The lowest BCUT2D eigenvalue weighted by atomic mass is 10.1. The summed E-state index contributed by atoms with van der Waals surface area (Å²) in [7, 11) is 0. The minimum atomic E-state index is -0.591. The van der Waals surface area contributed by atoms with Crippen molar-refractivity contribution in [3.63, 3.8) is 0 Å². The van der Waals surface area contributed by atoms with E-state index in [0.717, 1.165) is 16.5 Å². The third kappa shape index (κ3) is 6.71. The topological polar surface area (TPSA) is 58.6 Å². The molecule has 0 bridgehead atoms. The van der Waals surface area contributed by atoms with E-state index in [1.807, 2.05) is 49.4 Å². The molecule has 0 aliphatic heterocycles. The first-order valence-corrected chi connectivity index (χ1v) is 9.80. The van der Waals surface area contributed by atoms with Crippen LogP contribution in [0, 0.1) is 0 Å². The second-order valence-corrected chi connectivity index (χ2v) is 7.13. The van der Waals surface area contributed by atoms with Crippen LogP contribution in [0.4, 0.5) is 0 Å². The van der Waals surface area contributed by atoms with E-state index in [0.29, 0.717) is 18.8 Å². The van der Waals surface area contributed by atoms with Crippen molar-refractivity contribution in [2.75, 3.05) is 13.2 Å². The number of hydrogen-bond donors (Lipinski definition) is 1. The van der Waals surface area contributed by atoms with Crippen LogP contribution >= 0.6 is 15.9 Å². The van der Waals surface area contributed by atoms with Gasteiger partial charge in [0.25, 0.3) is 5.91 Å². The number of para-hydroxylation sites is 1. The van der Waals surface area contributed by atoms with Crippen LogP contribution in [0.1, 0.15) is 25.8 Å². The predicted molar refractivity (Wildman–Crippen MR) is 109 cm³/mol. The molecule has 0 heterocycles. The molecule has 0 aromatic heterocycles. The summed E-state index contributed by atoms with van der Waals surface area (Å²) in [6, 6.07) is 16.3. The Labute approximate surface area is 168 Å². The molecule has 0 saturated carbocycles. The van der Waals surface area contributed by atoms with Gasteiger partial charge in [-0.25, -0.2) is 0 Å². The van der Waals surface area contributed by atoms with Gasteiger partial charge in [0.05, 0.1) is 0 Å². The Kier molecular flexibility index (Phi) is 8.33. The van der Waals surface area contributed by atoms with Crippen molar-refractivity contribution < 1.29 is 14.3 Å². The highest BCUT2D eigenvalue weighted by atomic mass is 79.9. The lowest BCUT2D eigenvalue weighted by molar-refractivity contribution is -0.142. The van der Waals surface area contributed by atoms with Gasteiger partial charge in [-0.2, -0.15) is 0 Å². The molecule has 2 aromatic carbocycles. The monoisotopic (exact) mass is 432 g/mol. The first kappa shape index (κ1) is 21.0. The number of nitrogens with zero attached hydrogens (tertiary/aromatic N) is 1. The summed E-state index contributed by atoms with van der Waals surface area (Å²) in [5, 5.41) is 2.85. The van der Waals surface area contributed by atoms with E-state index < -0.39 is 6.04 Å². The summed E-state index contributed by atoms with van der Waals surface area (Å²) >= 11 is 3.41. The maximum absolute atomic E-state index is 12.8. The number of halogens is 1. The Morgan fingerprint density at radius 2 is 1.78 bits per heavy atom. The van der Waals surface area contributed by atoms with Gasteiger partial charge < -0.3 is 15.0 Å². The van der Waals surface area contributed by atoms with Gasteiger partial charge in [-0.1, -0.05) is 53.2 Å². The molecule has 0 fully saturated rings. The Hall–Kier alpha value is -2.34. The molecule has 0 spiro atoms. The highest BCUT2D eigenvalue weighted by molar-refractivity contribution is 9.10. The molecular weight excluding hydrogens is 408 g/mol. The van der Waals surface area contributed by atoms with E-state index in [1.165, 1.54) is 0 Å². The smallest absolute Gasteiger partial charge is 0.261 e. The molecule has 5 nitrogen and oxygen atoms in total. The third-order valence-electron chi connectivity index (χ3n) is 4.09. The van der Waals surface area contributed by atoms with E-state index >= 15 is 0 Å². The summed E-state index contributed by atoms with van der Waals surface area (Å²) in [6.45, 7) is 4.54. The molecule has 0 radical (unpaired) electrons. The molecule has 27 heavy (non-hydrogen) atoms. The second kappa shape index (κ2) is 10.7. The van der Waals surface area contributed by atoms with Crippen LogP contribution in [0.2, 0.25) is 0 Å². The number of carbonyl (C=O) groups is 2. The molecular formula is C21H25BrN2O3. The Morgan fingerprint density at radius 1 is 1.11 bits per heavy atom. The molecule has 6 heteroatoms. The minimum absolute atomic E-state index is 0.119. The van der Waals surface area contributed by atoms with Crippen molar-refractivity contribution in [2.45, 2.75) is 32.9 Å². The maximum Gasteiger partial charge on any atom is 0.261 e. The van der Waals surface area contributed by atoms with Gasteiger partial charge in [-0.05, 0) is 43.2 Å². The summed E-state index contributed by atoms with van der Waals surface area (Å²) in [4.78, 5) is 26.8. The van der Waals surface area contributed by atoms with Gasteiger partial charge in [-0.3, -0.25) is 9.59 Å². The van der Waals surface area contributed by atoms with Crippen molar-refractivity contribution in [3.05, 3.63) is 64.6 Å². The minimum Gasteiger partial charge on any atom is -0.484 e. The Balaban J connectivity index is 2.10. The van der Waals surface area contributed by atoms with Crippen LogP contribution in [0.25, 0.3) is 0 Å². The zero-order valence-electron chi connectivity index (χ0n) is 15.7. The first-order valence-electron chi connectivity index (χ1n) is 9.00. The predicted octanol–water partition coefficient (Wildman–Crippen LogP) is 3.77. The largest absolute Gasteiger partial charge is 0.484 e. The van der Waals surface area contributed by atoms with Crippen molar-refractivity contribution in [2.24, 2.45) is 0 Å². The molecule has 1 atom stereocenters. The summed E-state index contributed by atoms with van der Waals surface area (Å²) in [5.41, 5.74) is 0.946. The summed E-state index contributed by atoms with van der Waals surface area (Å²) in [6.07, 6.45) is 0.843. The molecule has 2 amide bonds. The fourth-order valence-corrected chi connectivity index (χ4v) is 2.77. The Morgan fingerprint density at radius 3 is 2.41 bits per heavy atom. The van der Waals surface area contributed by atoms with E-state index in [1.54, 1.807) is 24.0 Å². The molecule has 2 rings (SSSR count). The van der Waals surface area contributed by atoms with Gasteiger partial charge in [-0.15, -0.1) is 0 Å². The summed E-state index contributed by atoms with van der Waals surface area (Å²) < 4.78 is 6.55. The van der Waals surface area contributed by atoms with Crippen LogP contribution in [0.15, 0.2) is 59.1 Å².